The summed E-state index contributed by atoms with van der Waals surface area (Å²) in [6, 6.07) is 5.86. The highest BCUT2D eigenvalue weighted by Gasteiger charge is 2.53. The van der Waals surface area contributed by atoms with Crippen molar-refractivity contribution >= 4 is 63.3 Å². The highest BCUT2D eigenvalue weighted by molar-refractivity contribution is 8.00. The van der Waals surface area contributed by atoms with Gasteiger partial charge in [0.05, 0.1) is 11.3 Å². The van der Waals surface area contributed by atoms with Crippen molar-refractivity contribution in [3.63, 3.8) is 0 Å². The molecular weight excluding hydrogens is 462 g/mol. The second-order valence-electron chi connectivity index (χ2n) is 6.66. The van der Waals surface area contributed by atoms with Crippen molar-refractivity contribution in [1.82, 2.24) is 10.2 Å². The number of nitro groups is 1. The Morgan fingerprint density at radius 2 is 2.13 bits per heavy atom. The summed E-state index contributed by atoms with van der Waals surface area (Å²) in [6.45, 7) is 0. The molecule has 1 fully saturated rings. The average Bonchev–Trinajstić information content (AvgIpc) is 3.41. The molecule has 0 aliphatic carbocycles. The molecule has 0 unspecified atom stereocenters. The minimum Gasteiger partial charge on any atom is -0.477 e. The Bertz CT molecular complexity index is 1120. The Hall–Kier alpha value is -2.96. The lowest BCUT2D eigenvalue weighted by molar-refractivity contribution is -0.380. The van der Waals surface area contributed by atoms with Crippen LogP contribution in [0.5, 0.6) is 0 Å². The highest BCUT2D eigenvalue weighted by Crippen LogP contribution is 2.41. The molecule has 0 radical (unpaired) electrons. The second-order valence-corrected chi connectivity index (χ2v) is 9.89. The van der Waals surface area contributed by atoms with Gasteiger partial charge in [0, 0.05) is 21.6 Å². The fraction of sp³-hybridized carbons (Fsp3) is 0.211. The molecule has 9 nitrogen and oxygen atoms in total. The van der Waals surface area contributed by atoms with Crippen LogP contribution in [-0.2, 0) is 20.8 Å². The third kappa shape index (κ3) is 4.27. The van der Waals surface area contributed by atoms with Crippen molar-refractivity contribution < 1.29 is 24.4 Å². The molecule has 0 spiro atoms. The van der Waals surface area contributed by atoms with Gasteiger partial charge >= 0.3 is 11.0 Å². The maximum atomic E-state index is 12.7. The van der Waals surface area contributed by atoms with Gasteiger partial charge < -0.3 is 10.4 Å². The molecular formula is C19H15N3O6S3. The molecule has 12 heteroatoms. The predicted octanol–water partition coefficient (Wildman–Crippen LogP) is 2.71. The van der Waals surface area contributed by atoms with Crippen LogP contribution in [0.1, 0.15) is 9.75 Å². The lowest BCUT2D eigenvalue weighted by Crippen LogP contribution is -2.70. The van der Waals surface area contributed by atoms with Crippen molar-refractivity contribution in [3.8, 4) is 0 Å². The number of carboxylic acids is 1. The number of aliphatic carboxylic acids is 1. The van der Waals surface area contributed by atoms with E-state index in [1.165, 1.54) is 34.1 Å². The smallest absolute Gasteiger partial charge is 0.352 e. The topological polar surface area (TPSA) is 130 Å². The van der Waals surface area contributed by atoms with Gasteiger partial charge in [0.1, 0.15) is 17.1 Å². The number of amides is 2. The van der Waals surface area contributed by atoms with Crippen LogP contribution >= 0.6 is 34.4 Å². The van der Waals surface area contributed by atoms with Crippen LogP contribution < -0.4 is 5.32 Å². The van der Waals surface area contributed by atoms with Gasteiger partial charge in [0.2, 0.25) is 5.91 Å². The Morgan fingerprint density at radius 3 is 2.77 bits per heavy atom. The number of thioether (sulfide) groups is 1. The van der Waals surface area contributed by atoms with Crippen LogP contribution in [0.25, 0.3) is 6.08 Å². The number of carboxylic acid groups (broad SMARTS) is 1. The molecule has 2 aromatic heterocycles. The zero-order chi connectivity index (χ0) is 22.1. The summed E-state index contributed by atoms with van der Waals surface area (Å²) in [6.07, 6.45) is 3.33. The lowest BCUT2D eigenvalue weighted by Gasteiger charge is -2.49. The first-order chi connectivity index (χ1) is 14.8. The highest BCUT2D eigenvalue weighted by atomic mass is 32.2. The summed E-state index contributed by atoms with van der Waals surface area (Å²) in [7, 11) is 0. The fourth-order valence-corrected chi connectivity index (χ4v) is 6.03. The van der Waals surface area contributed by atoms with E-state index in [4.69, 9.17) is 0 Å². The van der Waals surface area contributed by atoms with Gasteiger partial charge in [-0.25, -0.2) is 4.79 Å². The lowest BCUT2D eigenvalue weighted by atomic mass is 10.0. The summed E-state index contributed by atoms with van der Waals surface area (Å²) in [4.78, 5) is 49.8. The summed E-state index contributed by atoms with van der Waals surface area (Å²) in [5.74, 6) is -1.66. The van der Waals surface area contributed by atoms with E-state index in [0.717, 1.165) is 16.2 Å². The number of fused-ring (bicyclic) bond motifs is 1. The van der Waals surface area contributed by atoms with Crippen LogP contribution in [0, 0.1) is 10.1 Å². The van der Waals surface area contributed by atoms with Crippen LogP contribution in [0.4, 0.5) is 5.00 Å². The van der Waals surface area contributed by atoms with Gasteiger partial charge in [-0.15, -0.1) is 23.1 Å². The standard InChI is InChI=1S/C19H15N3O6S3/c23-13(8-12-2-1-7-29-12)20-15-17(24)21-16(19(25)26)10(9-30-18(15)21)3-4-11-5-6-14(31-11)22(27)28/h1-7,15,18H,8-9H2,(H,20,23)(H,25,26)/b4-3+/t15-,18-/m1/s1. The molecule has 160 valence electrons. The van der Waals surface area contributed by atoms with Gasteiger partial charge in [-0.1, -0.05) is 23.5 Å². The number of β-lactam (4-membered cyclic amide) rings is 1. The van der Waals surface area contributed by atoms with Crippen LogP contribution in [-0.4, -0.2) is 49.9 Å². The summed E-state index contributed by atoms with van der Waals surface area (Å²) in [5.41, 5.74) is 0.307. The second kappa shape index (κ2) is 8.65. The van der Waals surface area contributed by atoms with Crippen molar-refractivity contribution in [3.05, 3.63) is 66.9 Å². The zero-order valence-corrected chi connectivity index (χ0v) is 18.2. The normalized spacial score (nSPS) is 20.5. The molecule has 31 heavy (non-hydrogen) atoms. The SMILES string of the molecule is O=C(Cc1cccs1)N[C@@H]1C(=O)N2C(C(=O)O)=C(/C=C/c3ccc([N+](=O)[O-])s3)CS[C@H]12. The molecule has 2 amide bonds. The largest absolute Gasteiger partial charge is 0.477 e. The predicted molar refractivity (Wildman–Crippen MR) is 118 cm³/mol. The van der Waals surface area contributed by atoms with Crippen LogP contribution in [0.3, 0.4) is 0 Å². The molecule has 2 aliphatic rings. The molecule has 1 saturated heterocycles. The molecule has 2 N–H and O–H groups in total. The van der Waals surface area contributed by atoms with E-state index in [1.54, 1.807) is 18.2 Å². The van der Waals surface area contributed by atoms with Crippen molar-refractivity contribution in [2.24, 2.45) is 0 Å². The Kier molecular flexibility index (Phi) is 5.94. The molecule has 2 atom stereocenters. The third-order valence-corrected chi connectivity index (χ3v) is 7.85. The van der Waals surface area contributed by atoms with Crippen molar-refractivity contribution in [1.29, 1.82) is 0 Å². The maximum absolute atomic E-state index is 12.7. The minimum atomic E-state index is -1.24. The molecule has 0 aromatic carbocycles. The number of carbonyl (C=O) groups is 3. The maximum Gasteiger partial charge on any atom is 0.352 e. The number of hydrogen-bond donors (Lipinski definition) is 2. The van der Waals surface area contributed by atoms with Gasteiger partial charge in [0.25, 0.3) is 5.91 Å². The van der Waals surface area contributed by atoms with Crippen molar-refractivity contribution in [2.45, 2.75) is 17.8 Å². The van der Waals surface area contributed by atoms with Crippen LogP contribution in [0.2, 0.25) is 0 Å². The van der Waals surface area contributed by atoms with E-state index < -0.39 is 28.2 Å². The summed E-state index contributed by atoms with van der Waals surface area (Å²) < 4.78 is 0. The quantitative estimate of drug-likeness (QED) is 0.356. The molecule has 2 aliphatic heterocycles. The van der Waals surface area contributed by atoms with Gasteiger partial charge in [-0.2, -0.15) is 0 Å². The Morgan fingerprint density at radius 1 is 1.32 bits per heavy atom. The van der Waals surface area contributed by atoms with E-state index in [1.807, 2.05) is 17.5 Å². The fourth-order valence-electron chi connectivity index (χ4n) is 3.28. The van der Waals surface area contributed by atoms with Gasteiger partial charge in [0.15, 0.2) is 0 Å². The van der Waals surface area contributed by atoms with Crippen molar-refractivity contribution in [2.75, 3.05) is 5.75 Å². The van der Waals surface area contributed by atoms with Crippen LogP contribution in [0.15, 0.2) is 47.0 Å². The first-order valence-electron chi connectivity index (χ1n) is 9.00. The number of nitrogens with zero attached hydrogens (tertiary/aromatic N) is 2. The molecule has 4 heterocycles. The van der Waals surface area contributed by atoms with E-state index in [9.17, 15) is 29.6 Å². The number of carbonyl (C=O) groups excluding carboxylic acids is 2. The van der Waals surface area contributed by atoms with E-state index in [-0.39, 0.29) is 23.0 Å². The third-order valence-electron chi connectivity index (χ3n) is 4.67. The minimum absolute atomic E-state index is 0.00998. The Labute approximate surface area is 188 Å². The number of nitrogens with one attached hydrogen (secondary N) is 1. The van der Waals surface area contributed by atoms with E-state index in [2.05, 4.69) is 5.32 Å². The first kappa shape index (κ1) is 21.3. The number of hydrogen-bond acceptors (Lipinski definition) is 8. The summed E-state index contributed by atoms with van der Waals surface area (Å²) in [5, 5.41) is 24.6. The molecule has 0 saturated carbocycles. The van der Waals surface area contributed by atoms with Gasteiger partial charge in [-0.05, 0) is 29.2 Å². The molecule has 0 bridgehead atoms. The monoisotopic (exact) mass is 477 g/mol. The van der Waals surface area contributed by atoms with E-state index >= 15 is 0 Å². The van der Waals surface area contributed by atoms with Gasteiger partial charge in [-0.3, -0.25) is 24.6 Å². The molecule has 2 aromatic rings. The number of rotatable bonds is 7. The summed E-state index contributed by atoms with van der Waals surface area (Å²) >= 11 is 3.79. The Balaban J connectivity index is 1.49. The zero-order valence-electron chi connectivity index (χ0n) is 15.7. The number of allylic oxidation sites excluding steroid dienone is 1. The first-order valence-corrected chi connectivity index (χ1v) is 11.7. The average molecular weight is 478 g/mol. The van der Waals surface area contributed by atoms with E-state index in [0.29, 0.717) is 16.2 Å². The number of thiophene rings is 2. The molecule has 4 rings (SSSR count).